The van der Waals surface area contributed by atoms with E-state index in [1.807, 2.05) is 0 Å². The number of ether oxygens (including phenoxy) is 2. The van der Waals surface area contributed by atoms with Crippen LogP contribution in [-0.2, 0) is 27.1 Å². The Hall–Kier alpha value is -4.56. The Morgan fingerprint density at radius 1 is 0.933 bits per heavy atom. The lowest BCUT2D eigenvalue weighted by atomic mass is 9.82. The molecule has 3 amide bonds. The van der Waals surface area contributed by atoms with Crippen LogP contribution >= 0.6 is 23.1 Å². The maximum Gasteiger partial charge on any atom is 0.416 e. The lowest BCUT2D eigenvalue weighted by molar-refractivity contribution is -0.137. The highest BCUT2D eigenvalue weighted by Crippen LogP contribution is 2.55. The van der Waals surface area contributed by atoms with Gasteiger partial charge in [0, 0.05) is 22.0 Å². The lowest BCUT2D eigenvalue weighted by Gasteiger charge is -2.31. The molecule has 2 unspecified atom stereocenters. The number of nitrogens with zero attached hydrogens (tertiary/aromatic N) is 2. The molecule has 0 bridgehead atoms. The molecule has 0 aliphatic carbocycles. The summed E-state index contributed by atoms with van der Waals surface area (Å²) in [5, 5.41) is 1.98. The van der Waals surface area contributed by atoms with E-state index in [4.69, 9.17) is 9.47 Å². The van der Waals surface area contributed by atoms with Gasteiger partial charge in [-0.15, -0.1) is 0 Å². The molecule has 1 N–H and O–H groups in total. The first-order chi connectivity index (χ1) is 21.5. The number of para-hydroxylation sites is 1. The van der Waals surface area contributed by atoms with Crippen molar-refractivity contribution in [3.8, 4) is 11.5 Å². The van der Waals surface area contributed by atoms with E-state index in [0.29, 0.717) is 32.7 Å². The number of nitrogens with one attached hydrogen (secondary N) is 1. The molecule has 1 fully saturated rings. The zero-order valence-corrected chi connectivity index (χ0v) is 25.3. The summed E-state index contributed by atoms with van der Waals surface area (Å²) in [5.74, 6) is -2.81. The van der Waals surface area contributed by atoms with Crippen molar-refractivity contribution in [3.63, 3.8) is 0 Å². The van der Waals surface area contributed by atoms with Gasteiger partial charge >= 0.3 is 11.0 Å². The second-order valence-electron chi connectivity index (χ2n) is 10.2. The number of halogens is 3. The first kappa shape index (κ1) is 30.5. The molecule has 4 aromatic rings. The number of carbonyl (C=O) groups excluding carboxylic acids is 3. The maximum absolute atomic E-state index is 14.0. The number of alkyl halides is 3. The Labute approximate surface area is 262 Å². The van der Waals surface area contributed by atoms with Crippen LogP contribution in [0.5, 0.6) is 11.5 Å². The van der Waals surface area contributed by atoms with E-state index in [-0.39, 0.29) is 12.2 Å². The average Bonchev–Trinajstić information content (AvgIpc) is 3.47. The summed E-state index contributed by atoms with van der Waals surface area (Å²) in [7, 11) is 2.96. The van der Waals surface area contributed by atoms with E-state index >= 15 is 0 Å². The molecule has 6 rings (SSSR count). The molecular formula is C31H24F3N3O6S2. The van der Waals surface area contributed by atoms with Gasteiger partial charge < -0.3 is 14.8 Å². The first-order valence-electron chi connectivity index (χ1n) is 13.5. The number of anilines is 2. The van der Waals surface area contributed by atoms with Crippen LogP contribution in [0.25, 0.3) is 0 Å². The number of thiazole rings is 1. The Morgan fingerprint density at radius 2 is 1.67 bits per heavy atom. The van der Waals surface area contributed by atoms with Crippen LogP contribution in [-0.4, -0.2) is 41.8 Å². The van der Waals surface area contributed by atoms with Gasteiger partial charge in [-0.25, -0.2) is 4.90 Å². The third kappa shape index (κ3) is 5.48. The SMILES string of the molecule is COc1ccc(NC(=O)Cn2c3c(sc2=O)[C@H](c2ccccc2OC)C2C(=O)N(c4cccc(C(F)(F)F)c4)C(=O)C2S3)cc1. The third-order valence-corrected chi connectivity index (χ3v) is 10.2. The lowest BCUT2D eigenvalue weighted by Crippen LogP contribution is -2.33. The van der Waals surface area contributed by atoms with Gasteiger partial charge in [0.25, 0.3) is 0 Å². The highest BCUT2D eigenvalue weighted by molar-refractivity contribution is 8.00. The van der Waals surface area contributed by atoms with Crippen LogP contribution in [0, 0.1) is 5.92 Å². The Bertz CT molecular complexity index is 1870. The van der Waals surface area contributed by atoms with E-state index < -0.39 is 51.4 Å². The number of amides is 3. The maximum atomic E-state index is 14.0. The fourth-order valence-electron chi connectivity index (χ4n) is 5.61. The first-order valence-corrected chi connectivity index (χ1v) is 15.2. The van der Waals surface area contributed by atoms with Crippen molar-refractivity contribution in [2.45, 2.75) is 28.9 Å². The van der Waals surface area contributed by atoms with Gasteiger partial charge in [0.15, 0.2) is 0 Å². The van der Waals surface area contributed by atoms with Crippen LogP contribution < -0.4 is 24.6 Å². The van der Waals surface area contributed by atoms with E-state index in [2.05, 4.69) is 5.32 Å². The number of thioether (sulfide) groups is 1. The van der Waals surface area contributed by atoms with E-state index in [0.717, 1.165) is 46.2 Å². The molecule has 9 nitrogen and oxygen atoms in total. The summed E-state index contributed by atoms with van der Waals surface area (Å²) in [4.78, 5) is 55.1. The van der Waals surface area contributed by atoms with Gasteiger partial charge in [-0.1, -0.05) is 47.4 Å². The largest absolute Gasteiger partial charge is 0.497 e. The van der Waals surface area contributed by atoms with Crippen LogP contribution in [0.3, 0.4) is 0 Å². The second kappa shape index (κ2) is 11.7. The molecule has 3 atom stereocenters. The molecule has 1 saturated heterocycles. The quantitative estimate of drug-likeness (QED) is 0.267. The number of hydrogen-bond acceptors (Lipinski definition) is 8. The second-order valence-corrected chi connectivity index (χ2v) is 12.4. The highest BCUT2D eigenvalue weighted by atomic mass is 32.2. The van der Waals surface area contributed by atoms with Crippen LogP contribution in [0.1, 0.15) is 21.9 Å². The third-order valence-electron chi connectivity index (χ3n) is 7.63. The zero-order valence-electron chi connectivity index (χ0n) is 23.7. The summed E-state index contributed by atoms with van der Waals surface area (Å²) in [6.07, 6.45) is -4.68. The van der Waals surface area contributed by atoms with Crippen molar-refractivity contribution in [1.82, 2.24) is 4.57 Å². The smallest absolute Gasteiger partial charge is 0.416 e. The van der Waals surface area contributed by atoms with Gasteiger partial charge in [0.05, 0.1) is 36.4 Å². The normalized spacial score (nSPS) is 19.2. The molecule has 14 heteroatoms. The predicted molar refractivity (Wildman–Crippen MR) is 162 cm³/mol. The number of fused-ring (bicyclic) bond motifs is 2. The standard InChI is InChI=1S/C31H24F3N3O6S2/c1-42-19-12-10-17(11-13-19)35-22(38)15-36-29-26(45-30(36)41)23(20-8-3-4-9-21(20)43-2)24-25(44-29)28(40)37(27(24)39)18-7-5-6-16(14-18)31(32,33)34/h3-14,23-25H,15H2,1-2H3,(H,35,38)/t23-,24?,25?/m1/s1. The van der Waals surface area contributed by atoms with Crippen LogP contribution in [0.15, 0.2) is 82.6 Å². The highest BCUT2D eigenvalue weighted by Gasteiger charge is 2.57. The minimum atomic E-state index is -4.68. The zero-order chi connectivity index (χ0) is 32.0. The van der Waals surface area contributed by atoms with Crippen molar-refractivity contribution < 1.29 is 37.0 Å². The van der Waals surface area contributed by atoms with Crippen molar-refractivity contribution in [2.24, 2.45) is 5.92 Å². The number of carbonyl (C=O) groups is 3. The minimum Gasteiger partial charge on any atom is -0.497 e. The number of aromatic nitrogens is 1. The molecule has 2 aliphatic rings. The average molecular weight is 656 g/mol. The van der Waals surface area contributed by atoms with Gasteiger partial charge in [0.1, 0.15) is 23.3 Å². The number of methoxy groups -OCH3 is 2. The molecule has 232 valence electrons. The Morgan fingerprint density at radius 3 is 2.36 bits per heavy atom. The van der Waals surface area contributed by atoms with Crippen molar-refractivity contribution in [3.05, 3.63) is 98.5 Å². The molecule has 3 aromatic carbocycles. The van der Waals surface area contributed by atoms with Crippen molar-refractivity contribution in [1.29, 1.82) is 0 Å². The van der Waals surface area contributed by atoms with E-state index in [1.54, 1.807) is 48.5 Å². The van der Waals surface area contributed by atoms with E-state index in [1.165, 1.54) is 24.9 Å². The molecular weight excluding hydrogens is 631 g/mol. The number of rotatable bonds is 7. The van der Waals surface area contributed by atoms with Gasteiger partial charge in [-0.05, 0) is 48.5 Å². The monoisotopic (exact) mass is 655 g/mol. The number of imide groups is 1. The Kier molecular flexibility index (Phi) is 7.95. The van der Waals surface area contributed by atoms with Gasteiger partial charge in [0.2, 0.25) is 17.7 Å². The van der Waals surface area contributed by atoms with Gasteiger partial charge in [-0.3, -0.25) is 23.7 Å². The predicted octanol–water partition coefficient (Wildman–Crippen LogP) is 5.38. The molecule has 2 aliphatic heterocycles. The van der Waals surface area contributed by atoms with Crippen LogP contribution in [0.4, 0.5) is 24.5 Å². The Balaban J connectivity index is 1.41. The number of hydrogen-bond donors (Lipinski definition) is 1. The molecule has 0 saturated carbocycles. The topological polar surface area (TPSA) is 107 Å². The summed E-state index contributed by atoms with van der Waals surface area (Å²) < 4.78 is 52.6. The molecule has 45 heavy (non-hydrogen) atoms. The molecule has 0 radical (unpaired) electrons. The van der Waals surface area contributed by atoms with Crippen molar-refractivity contribution >= 4 is 52.2 Å². The van der Waals surface area contributed by atoms with Crippen molar-refractivity contribution in [2.75, 3.05) is 24.4 Å². The minimum absolute atomic E-state index is 0.201. The van der Waals surface area contributed by atoms with Gasteiger partial charge in [-0.2, -0.15) is 13.2 Å². The molecule has 0 spiro atoms. The fraction of sp³-hybridized carbons (Fsp3) is 0.226. The summed E-state index contributed by atoms with van der Waals surface area (Å²) in [6.45, 7) is -0.376. The summed E-state index contributed by atoms with van der Waals surface area (Å²) in [5.41, 5.74) is -0.195. The summed E-state index contributed by atoms with van der Waals surface area (Å²) >= 11 is 1.81. The number of benzene rings is 3. The van der Waals surface area contributed by atoms with E-state index in [9.17, 15) is 32.3 Å². The fourth-order valence-corrected chi connectivity index (χ4v) is 8.37. The van der Waals surface area contributed by atoms with Crippen LogP contribution in [0.2, 0.25) is 0 Å². The molecule has 1 aromatic heterocycles. The summed E-state index contributed by atoms with van der Waals surface area (Å²) in [6, 6.07) is 17.5. The molecule has 3 heterocycles.